The molecular formula is C21H23N3O4S. The number of carbonyl (C=O) groups is 2. The van der Waals surface area contributed by atoms with E-state index in [1.807, 2.05) is 44.2 Å². The summed E-state index contributed by atoms with van der Waals surface area (Å²) in [6, 6.07) is 10.0. The van der Waals surface area contributed by atoms with E-state index < -0.39 is 5.97 Å². The Morgan fingerprint density at radius 3 is 2.55 bits per heavy atom. The SMILES string of the molecule is COC(=O)c1nc(NC(=O)CCc2c(C)noc2C)sc1CCc1ccccc1. The van der Waals surface area contributed by atoms with Gasteiger partial charge in [0.2, 0.25) is 5.91 Å². The number of amides is 1. The maximum absolute atomic E-state index is 12.4. The molecule has 2 heterocycles. The van der Waals surface area contributed by atoms with Gasteiger partial charge in [-0.05, 0) is 38.7 Å². The van der Waals surface area contributed by atoms with Crippen LogP contribution in [0, 0.1) is 13.8 Å². The number of hydrogen-bond donors (Lipinski definition) is 1. The summed E-state index contributed by atoms with van der Waals surface area (Å²) in [5, 5.41) is 7.09. The van der Waals surface area contributed by atoms with Crippen LogP contribution in [0.1, 0.15) is 44.4 Å². The number of nitrogens with zero attached hydrogens (tertiary/aromatic N) is 2. The minimum absolute atomic E-state index is 0.176. The lowest BCUT2D eigenvalue weighted by molar-refractivity contribution is -0.116. The van der Waals surface area contributed by atoms with Crippen LogP contribution in [0.15, 0.2) is 34.9 Å². The average molecular weight is 413 g/mol. The van der Waals surface area contributed by atoms with Gasteiger partial charge in [-0.15, -0.1) is 11.3 Å². The summed E-state index contributed by atoms with van der Waals surface area (Å²) in [4.78, 5) is 29.5. The van der Waals surface area contributed by atoms with E-state index >= 15 is 0 Å². The number of ether oxygens (including phenoxy) is 1. The number of carbonyl (C=O) groups excluding carboxylic acids is 2. The molecule has 0 aliphatic carbocycles. The number of esters is 1. The number of rotatable bonds is 8. The highest BCUT2D eigenvalue weighted by molar-refractivity contribution is 7.16. The van der Waals surface area contributed by atoms with Gasteiger partial charge in [-0.1, -0.05) is 35.5 Å². The van der Waals surface area contributed by atoms with Crippen molar-refractivity contribution < 1.29 is 18.8 Å². The summed E-state index contributed by atoms with van der Waals surface area (Å²) >= 11 is 1.31. The van der Waals surface area contributed by atoms with E-state index in [0.29, 0.717) is 18.0 Å². The van der Waals surface area contributed by atoms with Gasteiger partial charge < -0.3 is 14.6 Å². The highest BCUT2D eigenvalue weighted by Crippen LogP contribution is 2.26. The molecule has 3 rings (SSSR count). The van der Waals surface area contributed by atoms with Gasteiger partial charge in [-0.3, -0.25) is 4.79 Å². The third-order valence-electron chi connectivity index (χ3n) is 4.59. The Bertz CT molecular complexity index is 975. The molecular weight excluding hydrogens is 390 g/mol. The molecule has 3 aromatic rings. The molecule has 29 heavy (non-hydrogen) atoms. The molecule has 0 aliphatic rings. The highest BCUT2D eigenvalue weighted by Gasteiger charge is 2.20. The molecule has 0 fully saturated rings. The van der Waals surface area contributed by atoms with Crippen molar-refractivity contribution in [2.45, 2.75) is 39.5 Å². The largest absolute Gasteiger partial charge is 0.464 e. The van der Waals surface area contributed by atoms with Gasteiger partial charge in [0, 0.05) is 16.9 Å². The second-order valence-corrected chi connectivity index (χ2v) is 7.70. The van der Waals surface area contributed by atoms with Gasteiger partial charge >= 0.3 is 5.97 Å². The molecule has 1 N–H and O–H groups in total. The van der Waals surface area contributed by atoms with Crippen LogP contribution in [-0.2, 0) is 28.8 Å². The lowest BCUT2D eigenvalue weighted by Gasteiger charge is -2.01. The van der Waals surface area contributed by atoms with E-state index in [4.69, 9.17) is 9.26 Å². The smallest absolute Gasteiger partial charge is 0.357 e. The zero-order valence-electron chi connectivity index (χ0n) is 16.7. The van der Waals surface area contributed by atoms with Crippen LogP contribution >= 0.6 is 11.3 Å². The first kappa shape index (κ1) is 20.7. The van der Waals surface area contributed by atoms with E-state index in [2.05, 4.69) is 15.5 Å². The Balaban J connectivity index is 1.66. The standard InChI is InChI=1S/C21H23N3O4S/c1-13-16(14(2)28-24-13)10-12-18(25)22-21-23-19(20(26)27-3)17(29-21)11-9-15-7-5-4-6-8-15/h4-8H,9-12H2,1-3H3,(H,22,23,25). The van der Waals surface area contributed by atoms with E-state index in [-0.39, 0.29) is 18.0 Å². The van der Waals surface area contributed by atoms with Gasteiger partial charge in [0.05, 0.1) is 12.8 Å². The molecule has 0 saturated heterocycles. The Morgan fingerprint density at radius 2 is 1.90 bits per heavy atom. The van der Waals surface area contributed by atoms with Gasteiger partial charge in [0.1, 0.15) is 5.76 Å². The predicted octanol–water partition coefficient (Wildman–Crippen LogP) is 3.89. The van der Waals surface area contributed by atoms with Crippen LogP contribution in [0.25, 0.3) is 0 Å². The fourth-order valence-corrected chi connectivity index (χ4v) is 3.98. The predicted molar refractivity (Wildman–Crippen MR) is 110 cm³/mol. The van der Waals surface area contributed by atoms with E-state index in [0.717, 1.165) is 28.3 Å². The number of methoxy groups -OCH3 is 1. The summed E-state index contributed by atoms with van der Waals surface area (Å²) in [5.41, 5.74) is 3.16. The van der Waals surface area contributed by atoms with Crippen molar-refractivity contribution in [3.8, 4) is 0 Å². The first-order valence-corrected chi connectivity index (χ1v) is 10.1. The third kappa shape index (κ3) is 5.29. The average Bonchev–Trinajstić information content (AvgIpc) is 3.27. The Kier molecular flexibility index (Phi) is 6.77. The summed E-state index contributed by atoms with van der Waals surface area (Å²) in [6.07, 6.45) is 2.21. The van der Waals surface area contributed by atoms with E-state index in [9.17, 15) is 9.59 Å². The van der Waals surface area contributed by atoms with Gasteiger partial charge in [0.25, 0.3) is 0 Å². The molecule has 0 unspecified atom stereocenters. The number of aryl methyl sites for hydroxylation is 4. The fourth-order valence-electron chi connectivity index (χ4n) is 3.01. The number of hydrogen-bond acceptors (Lipinski definition) is 7. The van der Waals surface area contributed by atoms with Crippen molar-refractivity contribution in [2.75, 3.05) is 12.4 Å². The quantitative estimate of drug-likeness (QED) is 0.563. The van der Waals surface area contributed by atoms with Crippen LogP contribution in [0.2, 0.25) is 0 Å². The monoisotopic (exact) mass is 413 g/mol. The van der Waals surface area contributed by atoms with Crippen LogP contribution in [0.4, 0.5) is 5.13 Å². The number of thiazole rings is 1. The van der Waals surface area contributed by atoms with Crippen LogP contribution in [0.3, 0.4) is 0 Å². The van der Waals surface area contributed by atoms with Crippen molar-refractivity contribution in [2.24, 2.45) is 0 Å². The van der Waals surface area contributed by atoms with E-state index in [1.165, 1.54) is 24.0 Å². The van der Waals surface area contributed by atoms with Crippen LogP contribution < -0.4 is 5.32 Å². The number of anilines is 1. The number of aromatic nitrogens is 2. The highest BCUT2D eigenvalue weighted by atomic mass is 32.1. The maximum atomic E-state index is 12.4. The van der Waals surface area contributed by atoms with Crippen molar-refractivity contribution in [3.63, 3.8) is 0 Å². The molecule has 0 bridgehead atoms. The zero-order valence-corrected chi connectivity index (χ0v) is 17.5. The van der Waals surface area contributed by atoms with Crippen LogP contribution in [-0.4, -0.2) is 29.1 Å². The van der Waals surface area contributed by atoms with Crippen LogP contribution in [0.5, 0.6) is 0 Å². The van der Waals surface area contributed by atoms with Crippen molar-refractivity contribution in [1.29, 1.82) is 0 Å². The second-order valence-electron chi connectivity index (χ2n) is 6.62. The molecule has 8 heteroatoms. The van der Waals surface area contributed by atoms with E-state index in [1.54, 1.807) is 0 Å². The number of benzene rings is 1. The molecule has 2 aromatic heterocycles. The first-order chi connectivity index (χ1) is 14.0. The lowest BCUT2D eigenvalue weighted by Crippen LogP contribution is -2.13. The first-order valence-electron chi connectivity index (χ1n) is 9.31. The molecule has 152 valence electrons. The van der Waals surface area contributed by atoms with Crippen molar-refractivity contribution >= 4 is 28.3 Å². The topological polar surface area (TPSA) is 94.3 Å². The Labute approximate surface area is 173 Å². The summed E-state index contributed by atoms with van der Waals surface area (Å²) in [7, 11) is 1.32. The zero-order chi connectivity index (χ0) is 20.8. The molecule has 0 radical (unpaired) electrons. The molecule has 7 nitrogen and oxygen atoms in total. The van der Waals surface area contributed by atoms with Crippen molar-refractivity contribution in [1.82, 2.24) is 10.1 Å². The molecule has 0 spiro atoms. The normalized spacial score (nSPS) is 10.7. The molecule has 1 amide bonds. The van der Waals surface area contributed by atoms with Gasteiger partial charge in [-0.2, -0.15) is 0 Å². The lowest BCUT2D eigenvalue weighted by atomic mass is 10.1. The maximum Gasteiger partial charge on any atom is 0.357 e. The van der Waals surface area contributed by atoms with Crippen molar-refractivity contribution in [3.05, 3.63) is 63.5 Å². The summed E-state index contributed by atoms with van der Waals surface area (Å²) in [5.74, 6) is 0.0473. The number of nitrogens with one attached hydrogen (secondary N) is 1. The molecule has 1 aromatic carbocycles. The minimum atomic E-state index is -0.500. The summed E-state index contributed by atoms with van der Waals surface area (Å²) in [6.45, 7) is 3.68. The Morgan fingerprint density at radius 1 is 1.14 bits per heavy atom. The minimum Gasteiger partial charge on any atom is -0.464 e. The summed E-state index contributed by atoms with van der Waals surface area (Å²) < 4.78 is 9.97. The molecule has 0 atom stereocenters. The Hall–Kier alpha value is -3.00. The molecule has 0 aliphatic heterocycles. The second kappa shape index (κ2) is 9.47. The van der Waals surface area contributed by atoms with Gasteiger partial charge in [0.15, 0.2) is 10.8 Å². The van der Waals surface area contributed by atoms with Gasteiger partial charge in [-0.25, -0.2) is 9.78 Å². The fraction of sp³-hybridized carbons (Fsp3) is 0.333. The molecule has 0 saturated carbocycles. The third-order valence-corrected chi connectivity index (χ3v) is 5.62.